The molecule has 0 saturated heterocycles. The highest BCUT2D eigenvalue weighted by molar-refractivity contribution is 9.10. The Bertz CT molecular complexity index is 680. The molecule has 0 radical (unpaired) electrons. The summed E-state index contributed by atoms with van der Waals surface area (Å²) in [6.07, 6.45) is 0. The number of nitrogens with one attached hydrogen (secondary N) is 2. The van der Waals surface area contributed by atoms with Gasteiger partial charge in [0, 0.05) is 17.1 Å². The predicted octanol–water partition coefficient (Wildman–Crippen LogP) is 4.41. The van der Waals surface area contributed by atoms with Crippen molar-refractivity contribution >= 4 is 44.9 Å². The van der Waals surface area contributed by atoms with Crippen LogP contribution >= 0.6 is 27.5 Å². The normalized spacial score (nSPS) is 10.3. The van der Waals surface area contributed by atoms with E-state index in [0.29, 0.717) is 11.4 Å². The first-order valence-corrected chi connectivity index (χ1v) is 7.51. The van der Waals surface area contributed by atoms with Gasteiger partial charge in [0.1, 0.15) is 11.0 Å². The molecule has 0 aliphatic carbocycles. The number of carbonyl (C=O) groups excluding carboxylic acids is 1. The average molecular weight is 369 g/mol. The zero-order chi connectivity index (χ0) is 15.6. The maximum Gasteiger partial charge on any atom is 0.255 e. The highest BCUT2D eigenvalue weighted by Crippen LogP contribution is 2.28. The van der Waals surface area contributed by atoms with Gasteiger partial charge in [-0.1, -0.05) is 17.7 Å². The molecule has 0 saturated carbocycles. The van der Waals surface area contributed by atoms with Gasteiger partial charge in [0.15, 0.2) is 0 Å². The first kappa shape index (κ1) is 15.8. The molecule has 6 heteroatoms. The fourth-order valence-electron chi connectivity index (χ4n) is 2.02. The molecule has 0 aliphatic heterocycles. The number of pyridine rings is 1. The van der Waals surface area contributed by atoms with Gasteiger partial charge in [-0.3, -0.25) is 4.79 Å². The summed E-state index contributed by atoms with van der Waals surface area (Å²) in [6, 6.07) is 7.16. The molecule has 110 valence electrons. The van der Waals surface area contributed by atoms with Gasteiger partial charge in [-0.05, 0) is 59.1 Å². The minimum absolute atomic E-state index is 0.233. The van der Waals surface area contributed by atoms with E-state index in [1.54, 1.807) is 13.1 Å². The Kier molecular flexibility index (Phi) is 4.85. The molecular weight excluding hydrogens is 354 g/mol. The Morgan fingerprint density at radius 3 is 2.57 bits per heavy atom. The maximum absolute atomic E-state index is 12.4. The predicted molar refractivity (Wildman–Crippen MR) is 90.4 cm³/mol. The SMILES string of the molecule is CNc1cc(C(=O)Nc2c(C)cc(C)cc2Br)cc(Cl)n1. The minimum Gasteiger partial charge on any atom is -0.373 e. The minimum atomic E-state index is -0.233. The van der Waals surface area contributed by atoms with Crippen molar-refractivity contribution in [2.45, 2.75) is 13.8 Å². The number of anilines is 2. The molecule has 2 N–H and O–H groups in total. The van der Waals surface area contributed by atoms with E-state index in [-0.39, 0.29) is 11.1 Å². The number of aryl methyl sites for hydroxylation is 2. The maximum atomic E-state index is 12.4. The standard InChI is InChI=1S/C15H15BrClN3O/c1-8-4-9(2)14(11(16)5-8)20-15(21)10-6-12(17)19-13(7-10)18-3/h4-7H,1-3H3,(H,18,19)(H,20,21). The molecule has 2 rings (SSSR count). The third kappa shape index (κ3) is 3.74. The van der Waals surface area contributed by atoms with E-state index in [4.69, 9.17) is 11.6 Å². The van der Waals surface area contributed by atoms with Crippen molar-refractivity contribution in [2.24, 2.45) is 0 Å². The summed E-state index contributed by atoms with van der Waals surface area (Å²) >= 11 is 9.39. The lowest BCUT2D eigenvalue weighted by atomic mass is 10.1. The number of hydrogen-bond acceptors (Lipinski definition) is 3. The molecule has 1 amide bonds. The molecule has 21 heavy (non-hydrogen) atoms. The van der Waals surface area contributed by atoms with Gasteiger partial charge in [-0.15, -0.1) is 0 Å². The smallest absolute Gasteiger partial charge is 0.255 e. The second kappa shape index (κ2) is 6.45. The number of hydrogen-bond donors (Lipinski definition) is 2. The molecule has 0 spiro atoms. The second-order valence-electron chi connectivity index (χ2n) is 4.71. The summed E-state index contributed by atoms with van der Waals surface area (Å²) in [5.41, 5.74) is 3.32. The van der Waals surface area contributed by atoms with Crippen molar-refractivity contribution in [3.63, 3.8) is 0 Å². The van der Waals surface area contributed by atoms with Gasteiger partial charge in [-0.2, -0.15) is 0 Å². The average Bonchev–Trinajstić information content (AvgIpc) is 2.41. The number of aromatic nitrogens is 1. The quantitative estimate of drug-likeness (QED) is 0.789. The molecule has 0 bridgehead atoms. The lowest BCUT2D eigenvalue weighted by Gasteiger charge is -2.12. The van der Waals surface area contributed by atoms with Crippen molar-refractivity contribution in [1.82, 2.24) is 4.98 Å². The molecule has 1 heterocycles. The number of nitrogens with zero attached hydrogens (tertiary/aromatic N) is 1. The summed E-state index contributed by atoms with van der Waals surface area (Å²) in [6.45, 7) is 3.96. The van der Waals surface area contributed by atoms with E-state index in [0.717, 1.165) is 21.3 Å². The second-order valence-corrected chi connectivity index (χ2v) is 5.95. The Labute approximate surface area is 137 Å². The van der Waals surface area contributed by atoms with Crippen LogP contribution in [0.5, 0.6) is 0 Å². The largest absolute Gasteiger partial charge is 0.373 e. The van der Waals surface area contributed by atoms with Crippen LogP contribution < -0.4 is 10.6 Å². The van der Waals surface area contributed by atoms with E-state index in [9.17, 15) is 4.79 Å². The summed E-state index contributed by atoms with van der Waals surface area (Å²) in [4.78, 5) is 16.4. The Morgan fingerprint density at radius 1 is 1.24 bits per heavy atom. The Balaban J connectivity index is 2.32. The fraction of sp³-hybridized carbons (Fsp3) is 0.200. The van der Waals surface area contributed by atoms with E-state index in [2.05, 4.69) is 31.5 Å². The molecule has 0 fully saturated rings. The van der Waals surface area contributed by atoms with Gasteiger partial charge in [0.05, 0.1) is 5.69 Å². The van der Waals surface area contributed by atoms with E-state index in [1.165, 1.54) is 6.07 Å². The van der Waals surface area contributed by atoms with Gasteiger partial charge in [-0.25, -0.2) is 4.98 Å². The zero-order valence-corrected chi connectivity index (χ0v) is 14.3. The summed E-state index contributed by atoms with van der Waals surface area (Å²) in [7, 11) is 1.72. The van der Waals surface area contributed by atoms with Gasteiger partial charge >= 0.3 is 0 Å². The van der Waals surface area contributed by atoms with Crippen molar-refractivity contribution in [1.29, 1.82) is 0 Å². The number of halogens is 2. The lowest BCUT2D eigenvalue weighted by molar-refractivity contribution is 0.102. The fourth-order valence-corrected chi connectivity index (χ4v) is 3.00. The highest BCUT2D eigenvalue weighted by atomic mass is 79.9. The van der Waals surface area contributed by atoms with E-state index >= 15 is 0 Å². The highest BCUT2D eigenvalue weighted by Gasteiger charge is 2.13. The molecule has 1 aromatic heterocycles. The monoisotopic (exact) mass is 367 g/mol. The van der Waals surface area contributed by atoms with E-state index in [1.807, 2.05) is 26.0 Å². The van der Waals surface area contributed by atoms with Crippen LogP contribution in [-0.4, -0.2) is 17.9 Å². The Morgan fingerprint density at radius 2 is 1.95 bits per heavy atom. The summed E-state index contributed by atoms with van der Waals surface area (Å²) in [5, 5.41) is 6.04. The van der Waals surface area contributed by atoms with Gasteiger partial charge in [0.2, 0.25) is 0 Å². The van der Waals surface area contributed by atoms with Crippen LogP contribution in [0.15, 0.2) is 28.7 Å². The first-order valence-electron chi connectivity index (χ1n) is 6.34. The molecule has 0 atom stereocenters. The van der Waals surface area contributed by atoms with Crippen LogP contribution in [0.1, 0.15) is 21.5 Å². The van der Waals surface area contributed by atoms with Crippen LogP contribution in [0.4, 0.5) is 11.5 Å². The van der Waals surface area contributed by atoms with Crippen LogP contribution in [0.25, 0.3) is 0 Å². The summed E-state index contributed by atoms with van der Waals surface area (Å²) in [5.74, 6) is 0.316. The van der Waals surface area contributed by atoms with Crippen molar-refractivity contribution in [3.8, 4) is 0 Å². The lowest BCUT2D eigenvalue weighted by Crippen LogP contribution is -2.14. The molecule has 4 nitrogen and oxygen atoms in total. The Hall–Kier alpha value is -1.59. The molecule has 0 aliphatic rings. The number of amides is 1. The number of carbonyl (C=O) groups is 1. The van der Waals surface area contributed by atoms with Crippen LogP contribution in [0.3, 0.4) is 0 Å². The van der Waals surface area contributed by atoms with Crippen molar-refractivity contribution in [2.75, 3.05) is 17.7 Å². The molecule has 2 aromatic rings. The third-order valence-electron chi connectivity index (χ3n) is 2.98. The first-order chi connectivity index (χ1) is 9.90. The van der Waals surface area contributed by atoms with Crippen LogP contribution in [0, 0.1) is 13.8 Å². The van der Waals surface area contributed by atoms with Crippen molar-refractivity contribution in [3.05, 3.63) is 50.6 Å². The van der Waals surface area contributed by atoms with Crippen molar-refractivity contribution < 1.29 is 4.79 Å². The molecule has 0 unspecified atom stereocenters. The van der Waals surface area contributed by atoms with Crippen LogP contribution in [0.2, 0.25) is 5.15 Å². The number of rotatable bonds is 3. The van der Waals surface area contributed by atoms with Gasteiger partial charge in [0.25, 0.3) is 5.91 Å². The van der Waals surface area contributed by atoms with E-state index < -0.39 is 0 Å². The zero-order valence-electron chi connectivity index (χ0n) is 11.9. The number of benzene rings is 1. The van der Waals surface area contributed by atoms with Gasteiger partial charge < -0.3 is 10.6 Å². The topological polar surface area (TPSA) is 54.0 Å². The summed E-state index contributed by atoms with van der Waals surface area (Å²) < 4.78 is 0.849. The molecule has 1 aromatic carbocycles. The molecular formula is C15H15BrClN3O. The third-order valence-corrected chi connectivity index (χ3v) is 3.80. The van der Waals surface area contributed by atoms with Crippen LogP contribution in [-0.2, 0) is 0 Å².